The van der Waals surface area contributed by atoms with E-state index in [1.165, 1.54) is 0 Å². The Balaban J connectivity index is 3.19. The first-order valence-corrected chi connectivity index (χ1v) is 4.71. The smallest absolute Gasteiger partial charge is 0.303 e. The van der Waals surface area contributed by atoms with E-state index in [1.54, 1.807) is 0 Å². The number of carboxylic acid groups (broad SMARTS) is 1. The maximum absolute atomic E-state index is 10.2. The van der Waals surface area contributed by atoms with E-state index >= 15 is 0 Å². The van der Waals surface area contributed by atoms with Crippen molar-refractivity contribution in [1.82, 2.24) is 10.2 Å². The molecule has 0 aromatic heterocycles. The van der Waals surface area contributed by atoms with Gasteiger partial charge in [0.1, 0.15) is 0 Å². The van der Waals surface area contributed by atoms with E-state index in [0.717, 1.165) is 32.5 Å². The first-order chi connectivity index (χ1) is 6.16. The highest BCUT2D eigenvalue weighted by Crippen LogP contribution is 1.93. The predicted octanol–water partition coefficient (Wildman–Crippen LogP) is 0.393. The first-order valence-electron chi connectivity index (χ1n) is 4.71. The van der Waals surface area contributed by atoms with Gasteiger partial charge in [0.2, 0.25) is 0 Å². The van der Waals surface area contributed by atoms with Crippen molar-refractivity contribution in [2.45, 2.75) is 19.3 Å². The number of rotatable bonds is 8. The molecule has 2 N–H and O–H groups in total. The molecular formula is C9H20N2O2. The van der Waals surface area contributed by atoms with Crippen LogP contribution < -0.4 is 5.32 Å². The molecule has 0 spiro atoms. The lowest BCUT2D eigenvalue weighted by atomic mass is 10.3. The van der Waals surface area contributed by atoms with Gasteiger partial charge in [-0.05, 0) is 46.6 Å². The van der Waals surface area contributed by atoms with Gasteiger partial charge < -0.3 is 15.3 Å². The average molecular weight is 188 g/mol. The summed E-state index contributed by atoms with van der Waals surface area (Å²) in [5.41, 5.74) is 0. The number of nitrogens with one attached hydrogen (secondary N) is 1. The summed E-state index contributed by atoms with van der Waals surface area (Å²) in [6.45, 7) is 2.92. The number of carbonyl (C=O) groups is 1. The van der Waals surface area contributed by atoms with Crippen LogP contribution in [0.15, 0.2) is 0 Å². The predicted molar refractivity (Wildman–Crippen MR) is 52.9 cm³/mol. The third-order valence-electron chi connectivity index (χ3n) is 1.90. The summed E-state index contributed by atoms with van der Waals surface area (Å²) in [5, 5.41) is 11.5. The fourth-order valence-electron chi connectivity index (χ4n) is 1.14. The molecule has 4 nitrogen and oxygen atoms in total. The van der Waals surface area contributed by atoms with Crippen molar-refractivity contribution in [3.8, 4) is 0 Å². The van der Waals surface area contributed by atoms with E-state index in [0.29, 0.717) is 0 Å². The van der Waals surface area contributed by atoms with Crippen molar-refractivity contribution in [2.24, 2.45) is 0 Å². The lowest BCUT2D eigenvalue weighted by Crippen LogP contribution is -2.24. The minimum Gasteiger partial charge on any atom is -0.481 e. The van der Waals surface area contributed by atoms with E-state index < -0.39 is 5.97 Å². The normalized spacial score (nSPS) is 10.7. The molecule has 78 valence electrons. The largest absolute Gasteiger partial charge is 0.481 e. The van der Waals surface area contributed by atoms with Gasteiger partial charge in [0, 0.05) is 6.42 Å². The molecule has 0 unspecified atom stereocenters. The second kappa shape index (κ2) is 8.01. The first kappa shape index (κ1) is 12.4. The Labute approximate surface area is 79.9 Å². The zero-order valence-electron chi connectivity index (χ0n) is 8.55. The molecule has 13 heavy (non-hydrogen) atoms. The summed E-state index contributed by atoms with van der Waals surface area (Å²) in [6, 6.07) is 0. The Bertz CT molecular complexity index is 140. The van der Waals surface area contributed by atoms with Crippen molar-refractivity contribution in [2.75, 3.05) is 33.7 Å². The zero-order valence-corrected chi connectivity index (χ0v) is 8.55. The maximum Gasteiger partial charge on any atom is 0.303 e. The Hall–Kier alpha value is -0.610. The van der Waals surface area contributed by atoms with E-state index in [1.807, 2.05) is 14.1 Å². The fraction of sp³-hybridized carbons (Fsp3) is 0.889. The third-order valence-corrected chi connectivity index (χ3v) is 1.90. The SMILES string of the molecule is CNCCCN(C)CCCC(=O)O. The monoisotopic (exact) mass is 188 g/mol. The molecule has 0 aliphatic heterocycles. The average Bonchev–Trinajstić information content (AvgIpc) is 2.04. The molecule has 0 saturated carbocycles. The Kier molecular flexibility index (Phi) is 7.63. The number of carboxylic acids is 1. The van der Waals surface area contributed by atoms with Gasteiger partial charge in [-0.1, -0.05) is 0 Å². The van der Waals surface area contributed by atoms with Crippen LogP contribution in [0.1, 0.15) is 19.3 Å². The molecule has 4 heteroatoms. The summed E-state index contributed by atoms with van der Waals surface area (Å²) in [5.74, 6) is -0.705. The number of hydrogen-bond acceptors (Lipinski definition) is 3. The molecule has 0 aliphatic rings. The maximum atomic E-state index is 10.2. The summed E-state index contributed by atoms with van der Waals surface area (Å²) in [7, 11) is 3.96. The van der Waals surface area contributed by atoms with Crippen molar-refractivity contribution < 1.29 is 9.90 Å². The Morgan fingerprint density at radius 2 is 2.00 bits per heavy atom. The van der Waals surface area contributed by atoms with Crippen LogP contribution in [0.2, 0.25) is 0 Å². The quantitative estimate of drug-likeness (QED) is 0.541. The van der Waals surface area contributed by atoms with Gasteiger partial charge in [0.25, 0.3) is 0 Å². The number of nitrogens with zero attached hydrogens (tertiary/aromatic N) is 1. The molecule has 0 amide bonds. The Morgan fingerprint density at radius 1 is 1.38 bits per heavy atom. The number of aliphatic carboxylic acids is 1. The minimum absolute atomic E-state index is 0.274. The fourth-order valence-corrected chi connectivity index (χ4v) is 1.14. The topological polar surface area (TPSA) is 52.6 Å². The van der Waals surface area contributed by atoms with Crippen LogP contribution >= 0.6 is 0 Å². The highest BCUT2D eigenvalue weighted by atomic mass is 16.4. The van der Waals surface area contributed by atoms with Crippen molar-refractivity contribution in [3.05, 3.63) is 0 Å². The lowest BCUT2D eigenvalue weighted by molar-refractivity contribution is -0.137. The molecule has 0 aromatic rings. The minimum atomic E-state index is -0.705. The van der Waals surface area contributed by atoms with E-state index in [2.05, 4.69) is 10.2 Å². The van der Waals surface area contributed by atoms with Gasteiger partial charge in [-0.2, -0.15) is 0 Å². The zero-order chi connectivity index (χ0) is 10.1. The van der Waals surface area contributed by atoms with Gasteiger partial charge in [-0.15, -0.1) is 0 Å². The standard InChI is InChI=1S/C9H20N2O2/c1-10-6-4-8-11(2)7-3-5-9(12)13/h10H,3-8H2,1-2H3,(H,12,13). The lowest BCUT2D eigenvalue weighted by Gasteiger charge is -2.15. The van der Waals surface area contributed by atoms with Gasteiger partial charge in [-0.3, -0.25) is 4.79 Å². The van der Waals surface area contributed by atoms with E-state index in [-0.39, 0.29) is 6.42 Å². The summed E-state index contributed by atoms with van der Waals surface area (Å²) in [4.78, 5) is 12.4. The van der Waals surface area contributed by atoms with Crippen LogP contribution in [0.4, 0.5) is 0 Å². The van der Waals surface area contributed by atoms with E-state index in [9.17, 15) is 4.79 Å². The summed E-state index contributed by atoms with van der Waals surface area (Å²) >= 11 is 0. The van der Waals surface area contributed by atoms with Crippen LogP contribution in [0.3, 0.4) is 0 Å². The van der Waals surface area contributed by atoms with Crippen LogP contribution in [0.5, 0.6) is 0 Å². The molecule has 0 saturated heterocycles. The molecule has 0 rings (SSSR count). The van der Waals surface area contributed by atoms with E-state index in [4.69, 9.17) is 5.11 Å². The third kappa shape index (κ3) is 9.30. The second-order valence-electron chi connectivity index (χ2n) is 3.26. The van der Waals surface area contributed by atoms with Gasteiger partial charge in [0.15, 0.2) is 0 Å². The van der Waals surface area contributed by atoms with Crippen LogP contribution in [-0.2, 0) is 4.79 Å². The molecule has 0 aliphatic carbocycles. The van der Waals surface area contributed by atoms with Gasteiger partial charge >= 0.3 is 5.97 Å². The Morgan fingerprint density at radius 3 is 2.54 bits per heavy atom. The van der Waals surface area contributed by atoms with Gasteiger partial charge in [0.05, 0.1) is 0 Å². The molecule has 0 aromatic carbocycles. The van der Waals surface area contributed by atoms with Crippen LogP contribution in [0, 0.1) is 0 Å². The van der Waals surface area contributed by atoms with Crippen molar-refractivity contribution >= 4 is 5.97 Å². The number of hydrogen-bond donors (Lipinski definition) is 2. The molecule has 0 radical (unpaired) electrons. The van der Waals surface area contributed by atoms with Crippen LogP contribution in [-0.4, -0.2) is 49.7 Å². The van der Waals surface area contributed by atoms with Crippen LogP contribution in [0.25, 0.3) is 0 Å². The summed E-state index contributed by atoms with van der Waals surface area (Å²) < 4.78 is 0. The van der Waals surface area contributed by atoms with Gasteiger partial charge in [-0.25, -0.2) is 0 Å². The highest BCUT2D eigenvalue weighted by molar-refractivity contribution is 5.66. The molecule has 0 bridgehead atoms. The van der Waals surface area contributed by atoms with Crippen molar-refractivity contribution in [1.29, 1.82) is 0 Å². The molecular weight excluding hydrogens is 168 g/mol. The highest BCUT2D eigenvalue weighted by Gasteiger charge is 2.00. The second-order valence-corrected chi connectivity index (χ2v) is 3.26. The summed E-state index contributed by atoms with van der Waals surface area (Å²) in [6.07, 6.45) is 2.13. The molecule has 0 fully saturated rings. The van der Waals surface area contributed by atoms with Crippen molar-refractivity contribution in [3.63, 3.8) is 0 Å². The molecule has 0 heterocycles. The molecule has 0 atom stereocenters.